The van der Waals surface area contributed by atoms with Crippen LogP contribution in [0.15, 0.2) is 29.5 Å². The van der Waals surface area contributed by atoms with E-state index in [2.05, 4.69) is 22.2 Å². The molecule has 96 valence electrons. The Hall–Kier alpha value is -1.05. The molecule has 6 heteroatoms. The maximum absolute atomic E-state index is 5.61. The first-order chi connectivity index (χ1) is 7.83. The van der Waals surface area contributed by atoms with Gasteiger partial charge < -0.3 is 15.8 Å². The number of guanidine groups is 1. The summed E-state index contributed by atoms with van der Waals surface area (Å²) >= 11 is 0. The van der Waals surface area contributed by atoms with E-state index in [-0.39, 0.29) is 24.0 Å². The number of hydrogen-bond acceptors (Lipinski definition) is 3. The van der Waals surface area contributed by atoms with E-state index in [1.54, 1.807) is 12.4 Å². The monoisotopic (exact) mass is 350 g/mol. The number of ether oxygens (including phenoxy) is 1. The van der Waals surface area contributed by atoms with Crippen molar-refractivity contribution >= 4 is 29.9 Å². The van der Waals surface area contributed by atoms with Gasteiger partial charge in [0.05, 0.1) is 12.7 Å². The number of halogens is 1. The molecule has 0 amide bonds. The Balaban J connectivity index is 0.00000256. The summed E-state index contributed by atoms with van der Waals surface area (Å²) in [5.41, 5.74) is 5.61. The van der Waals surface area contributed by atoms with E-state index >= 15 is 0 Å². The molecule has 3 N–H and O–H groups in total. The van der Waals surface area contributed by atoms with Crippen LogP contribution < -0.4 is 15.8 Å². The minimum Gasteiger partial charge on any atom is -0.490 e. The van der Waals surface area contributed by atoms with Crippen LogP contribution in [0.25, 0.3) is 0 Å². The van der Waals surface area contributed by atoms with E-state index in [0.717, 1.165) is 18.7 Å². The molecule has 1 heterocycles. The van der Waals surface area contributed by atoms with Crippen molar-refractivity contribution in [2.24, 2.45) is 10.7 Å². The molecule has 0 atom stereocenters. The highest BCUT2D eigenvalue weighted by Crippen LogP contribution is 2.04. The molecule has 1 aromatic heterocycles. The Morgan fingerprint density at radius 3 is 3.06 bits per heavy atom. The van der Waals surface area contributed by atoms with Crippen LogP contribution in [0.3, 0.4) is 0 Å². The third kappa shape index (κ3) is 7.78. The lowest BCUT2D eigenvalue weighted by molar-refractivity contribution is 0.321. The van der Waals surface area contributed by atoms with Gasteiger partial charge in [-0.1, -0.05) is 6.92 Å². The second kappa shape index (κ2) is 10.1. The molecule has 1 aromatic rings. The molecule has 0 aliphatic carbocycles. The molecule has 5 nitrogen and oxygen atoms in total. The van der Waals surface area contributed by atoms with Gasteiger partial charge in [-0.15, -0.1) is 24.0 Å². The van der Waals surface area contributed by atoms with Gasteiger partial charge in [0.2, 0.25) is 0 Å². The smallest absolute Gasteiger partial charge is 0.188 e. The van der Waals surface area contributed by atoms with Crippen LogP contribution in [0.2, 0.25) is 0 Å². The molecule has 0 fully saturated rings. The van der Waals surface area contributed by atoms with Gasteiger partial charge in [-0.05, 0) is 18.6 Å². The van der Waals surface area contributed by atoms with E-state index in [1.165, 1.54) is 0 Å². The van der Waals surface area contributed by atoms with Gasteiger partial charge in [-0.3, -0.25) is 9.98 Å². The van der Waals surface area contributed by atoms with Gasteiger partial charge in [0, 0.05) is 12.7 Å². The van der Waals surface area contributed by atoms with E-state index in [4.69, 9.17) is 10.5 Å². The molecule has 0 radical (unpaired) electrons. The molecule has 0 unspecified atom stereocenters. The van der Waals surface area contributed by atoms with Gasteiger partial charge in [-0.25, -0.2) is 0 Å². The number of pyridine rings is 1. The van der Waals surface area contributed by atoms with Gasteiger partial charge in [0.1, 0.15) is 12.4 Å². The number of nitrogens with one attached hydrogen (secondary N) is 1. The fourth-order valence-corrected chi connectivity index (χ4v) is 1.07. The van der Waals surface area contributed by atoms with E-state index in [0.29, 0.717) is 19.1 Å². The third-order valence-electron chi connectivity index (χ3n) is 1.82. The lowest BCUT2D eigenvalue weighted by Crippen LogP contribution is -2.34. The highest BCUT2D eigenvalue weighted by molar-refractivity contribution is 14.0. The molecule has 1 rings (SSSR count). The predicted molar refractivity (Wildman–Crippen MR) is 79.9 cm³/mol. The Labute approximate surface area is 119 Å². The number of aliphatic imine (C=N–C) groups is 1. The first-order valence-electron chi connectivity index (χ1n) is 5.39. The summed E-state index contributed by atoms with van der Waals surface area (Å²) in [4.78, 5) is 8.05. The second-order valence-electron chi connectivity index (χ2n) is 3.23. The lowest BCUT2D eigenvalue weighted by atomic mass is 10.5. The van der Waals surface area contributed by atoms with Crippen molar-refractivity contribution in [2.45, 2.75) is 13.3 Å². The fraction of sp³-hybridized carbons (Fsp3) is 0.455. The molecule has 0 spiro atoms. The topological polar surface area (TPSA) is 72.5 Å². The highest BCUT2D eigenvalue weighted by Gasteiger charge is 1.93. The van der Waals surface area contributed by atoms with Crippen LogP contribution >= 0.6 is 24.0 Å². The Kier molecular flexibility index (Phi) is 9.50. The zero-order valence-electron chi connectivity index (χ0n) is 9.93. The molecular formula is C11H19IN4O. The van der Waals surface area contributed by atoms with Crippen molar-refractivity contribution in [1.82, 2.24) is 10.3 Å². The largest absolute Gasteiger partial charge is 0.490 e. The summed E-state index contributed by atoms with van der Waals surface area (Å²) in [5, 5.41) is 2.97. The van der Waals surface area contributed by atoms with Crippen molar-refractivity contribution in [3.8, 4) is 5.75 Å². The normalized spacial score (nSPS) is 10.5. The average Bonchev–Trinajstić information content (AvgIpc) is 2.33. The summed E-state index contributed by atoms with van der Waals surface area (Å²) < 4.78 is 5.43. The summed E-state index contributed by atoms with van der Waals surface area (Å²) in [7, 11) is 0. The van der Waals surface area contributed by atoms with E-state index in [9.17, 15) is 0 Å². The Morgan fingerprint density at radius 2 is 2.41 bits per heavy atom. The predicted octanol–water partition coefficient (Wildman–Crippen LogP) is 1.39. The quantitative estimate of drug-likeness (QED) is 0.352. The number of rotatable bonds is 6. The minimum atomic E-state index is 0. The van der Waals surface area contributed by atoms with Gasteiger partial charge in [0.25, 0.3) is 0 Å². The summed E-state index contributed by atoms with van der Waals surface area (Å²) in [6.45, 7) is 3.98. The Morgan fingerprint density at radius 1 is 1.59 bits per heavy atom. The maximum Gasteiger partial charge on any atom is 0.188 e. The second-order valence-corrected chi connectivity index (χ2v) is 3.23. The molecule has 0 saturated heterocycles. The molecular weight excluding hydrogens is 331 g/mol. The number of hydrogen-bond donors (Lipinski definition) is 2. The summed E-state index contributed by atoms with van der Waals surface area (Å²) in [6, 6.07) is 3.70. The van der Waals surface area contributed by atoms with Crippen LogP contribution in [-0.4, -0.2) is 30.6 Å². The SMILES string of the molecule is CCCN=C(N)NCCOc1cccnc1.I. The Bertz CT molecular complexity index is 319. The third-order valence-corrected chi connectivity index (χ3v) is 1.82. The first kappa shape index (κ1) is 16.0. The van der Waals surface area contributed by atoms with Crippen LogP contribution in [-0.2, 0) is 0 Å². The van der Waals surface area contributed by atoms with Gasteiger partial charge in [-0.2, -0.15) is 0 Å². The van der Waals surface area contributed by atoms with Crippen LogP contribution in [0.1, 0.15) is 13.3 Å². The van der Waals surface area contributed by atoms with Crippen molar-refractivity contribution in [1.29, 1.82) is 0 Å². The number of nitrogens with two attached hydrogens (primary N) is 1. The van der Waals surface area contributed by atoms with Crippen molar-refractivity contribution in [2.75, 3.05) is 19.7 Å². The molecule has 17 heavy (non-hydrogen) atoms. The molecule has 0 aliphatic heterocycles. The van der Waals surface area contributed by atoms with Crippen LogP contribution in [0, 0.1) is 0 Å². The van der Waals surface area contributed by atoms with Crippen molar-refractivity contribution in [3.05, 3.63) is 24.5 Å². The molecule has 0 bridgehead atoms. The van der Waals surface area contributed by atoms with Gasteiger partial charge in [0.15, 0.2) is 5.96 Å². The highest BCUT2D eigenvalue weighted by atomic mass is 127. The standard InChI is InChI=1S/C11H18N4O.HI/c1-2-5-14-11(12)15-7-8-16-10-4-3-6-13-9-10;/h3-4,6,9H,2,5,7-8H2,1H3,(H3,12,14,15);1H. The maximum atomic E-state index is 5.61. The molecule has 0 aromatic carbocycles. The van der Waals surface area contributed by atoms with Crippen molar-refractivity contribution < 1.29 is 4.74 Å². The fourth-order valence-electron chi connectivity index (χ4n) is 1.07. The zero-order valence-corrected chi connectivity index (χ0v) is 12.3. The van der Waals surface area contributed by atoms with Crippen molar-refractivity contribution in [3.63, 3.8) is 0 Å². The van der Waals surface area contributed by atoms with E-state index < -0.39 is 0 Å². The molecule has 0 saturated carbocycles. The van der Waals surface area contributed by atoms with Gasteiger partial charge >= 0.3 is 0 Å². The summed E-state index contributed by atoms with van der Waals surface area (Å²) in [6.07, 6.45) is 4.38. The summed E-state index contributed by atoms with van der Waals surface area (Å²) in [5.74, 6) is 1.23. The first-order valence-corrected chi connectivity index (χ1v) is 5.39. The lowest BCUT2D eigenvalue weighted by Gasteiger charge is -2.07. The average molecular weight is 350 g/mol. The van der Waals surface area contributed by atoms with E-state index in [1.807, 2.05) is 12.1 Å². The van der Waals surface area contributed by atoms with Crippen LogP contribution in [0.4, 0.5) is 0 Å². The molecule has 0 aliphatic rings. The zero-order chi connectivity index (χ0) is 11.6. The van der Waals surface area contributed by atoms with Crippen LogP contribution in [0.5, 0.6) is 5.75 Å². The number of aromatic nitrogens is 1. The minimum absolute atomic E-state index is 0. The number of nitrogens with zero attached hydrogens (tertiary/aromatic N) is 2.